The van der Waals surface area contributed by atoms with Gasteiger partial charge in [0.25, 0.3) is 5.91 Å². The quantitative estimate of drug-likeness (QED) is 0.840. The Labute approximate surface area is 139 Å². The van der Waals surface area contributed by atoms with Crippen LogP contribution < -0.4 is 14.8 Å². The first-order valence-corrected chi connectivity index (χ1v) is 8.36. The lowest BCUT2D eigenvalue weighted by molar-refractivity contribution is -0.122. The number of hydrogen-bond donors (Lipinski definition) is 1. The number of amides is 1. The van der Waals surface area contributed by atoms with Gasteiger partial charge in [0, 0.05) is 0 Å². The van der Waals surface area contributed by atoms with Crippen LogP contribution in [-0.2, 0) is 4.79 Å². The Balaban J connectivity index is 2.10. The van der Waals surface area contributed by atoms with E-state index in [-0.39, 0.29) is 5.91 Å². The predicted molar refractivity (Wildman–Crippen MR) is 90.3 cm³/mol. The molecule has 0 saturated heterocycles. The predicted octanol–water partition coefficient (Wildman–Crippen LogP) is 3.35. The minimum atomic E-state index is -0.624. The van der Waals surface area contributed by atoms with Crippen molar-refractivity contribution in [2.45, 2.75) is 40.2 Å². The van der Waals surface area contributed by atoms with E-state index in [0.717, 1.165) is 10.6 Å². The van der Waals surface area contributed by atoms with Crippen LogP contribution in [0.5, 0.6) is 11.5 Å². The molecule has 0 aliphatic rings. The van der Waals surface area contributed by atoms with Crippen LogP contribution in [0.25, 0.3) is 0 Å². The smallest absolute Gasteiger partial charge is 0.267 e. The van der Waals surface area contributed by atoms with Gasteiger partial charge in [0.05, 0.1) is 6.61 Å². The second kappa shape index (κ2) is 7.92. The zero-order valence-corrected chi connectivity index (χ0v) is 14.6. The van der Waals surface area contributed by atoms with E-state index < -0.39 is 6.10 Å². The van der Waals surface area contributed by atoms with Crippen molar-refractivity contribution in [3.05, 3.63) is 28.8 Å². The standard InChI is InChI=1S/C16H21N3O3S/c1-5-12(15(20)17-16-19-18-11(4)23-16)22-13-8-7-10(3)9-14(13)21-6-2/h7-9,12H,5-6H2,1-4H3,(H,17,19,20)/t12-/m0/s1. The number of rotatable bonds is 7. The highest BCUT2D eigenvalue weighted by molar-refractivity contribution is 7.15. The summed E-state index contributed by atoms with van der Waals surface area (Å²) in [7, 11) is 0. The molecule has 1 aromatic carbocycles. The maximum Gasteiger partial charge on any atom is 0.267 e. The van der Waals surface area contributed by atoms with Crippen molar-refractivity contribution in [3.8, 4) is 11.5 Å². The Morgan fingerprint density at radius 3 is 2.65 bits per heavy atom. The van der Waals surface area contributed by atoms with E-state index in [4.69, 9.17) is 9.47 Å². The molecule has 1 aromatic heterocycles. The van der Waals surface area contributed by atoms with Crippen molar-refractivity contribution in [1.82, 2.24) is 10.2 Å². The van der Waals surface area contributed by atoms with Crippen LogP contribution in [0.15, 0.2) is 18.2 Å². The number of nitrogens with one attached hydrogen (secondary N) is 1. The molecular formula is C16H21N3O3S. The molecule has 0 fully saturated rings. The molecule has 2 rings (SSSR count). The molecular weight excluding hydrogens is 314 g/mol. The highest BCUT2D eigenvalue weighted by Crippen LogP contribution is 2.30. The maximum atomic E-state index is 12.4. The van der Waals surface area contributed by atoms with E-state index in [1.165, 1.54) is 11.3 Å². The van der Waals surface area contributed by atoms with Crippen LogP contribution >= 0.6 is 11.3 Å². The van der Waals surface area contributed by atoms with Crippen molar-refractivity contribution in [1.29, 1.82) is 0 Å². The lowest BCUT2D eigenvalue weighted by Gasteiger charge is -2.19. The summed E-state index contributed by atoms with van der Waals surface area (Å²) in [6, 6.07) is 5.65. The Hall–Kier alpha value is -2.15. The summed E-state index contributed by atoms with van der Waals surface area (Å²) in [6.45, 7) is 8.15. The molecule has 2 aromatic rings. The summed E-state index contributed by atoms with van der Waals surface area (Å²) in [5, 5.41) is 11.8. The van der Waals surface area contributed by atoms with Gasteiger partial charge in [0.1, 0.15) is 5.01 Å². The minimum Gasteiger partial charge on any atom is -0.490 e. The van der Waals surface area contributed by atoms with E-state index in [9.17, 15) is 4.79 Å². The van der Waals surface area contributed by atoms with Gasteiger partial charge in [-0.25, -0.2) is 0 Å². The van der Waals surface area contributed by atoms with E-state index >= 15 is 0 Å². The Morgan fingerprint density at radius 1 is 1.26 bits per heavy atom. The largest absolute Gasteiger partial charge is 0.490 e. The van der Waals surface area contributed by atoms with Gasteiger partial charge < -0.3 is 9.47 Å². The van der Waals surface area contributed by atoms with Gasteiger partial charge in [-0.3, -0.25) is 10.1 Å². The Bertz CT molecular complexity index is 672. The molecule has 1 N–H and O–H groups in total. The monoisotopic (exact) mass is 335 g/mol. The van der Waals surface area contributed by atoms with Crippen molar-refractivity contribution in [2.75, 3.05) is 11.9 Å². The van der Waals surface area contributed by atoms with E-state index in [0.29, 0.717) is 29.7 Å². The fraction of sp³-hybridized carbons (Fsp3) is 0.438. The molecule has 0 unspecified atom stereocenters. The summed E-state index contributed by atoms with van der Waals surface area (Å²) in [5.74, 6) is 0.963. The van der Waals surface area contributed by atoms with Crippen molar-refractivity contribution < 1.29 is 14.3 Å². The van der Waals surface area contributed by atoms with Crippen molar-refractivity contribution in [2.24, 2.45) is 0 Å². The summed E-state index contributed by atoms with van der Waals surface area (Å²) in [5.41, 5.74) is 1.07. The molecule has 0 spiro atoms. The average molecular weight is 335 g/mol. The Kier molecular flexibility index (Phi) is 5.92. The highest BCUT2D eigenvalue weighted by atomic mass is 32.1. The maximum absolute atomic E-state index is 12.4. The van der Waals surface area contributed by atoms with Crippen LogP contribution in [0.3, 0.4) is 0 Å². The molecule has 7 heteroatoms. The second-order valence-electron chi connectivity index (χ2n) is 5.01. The van der Waals surface area contributed by atoms with Gasteiger partial charge in [-0.05, 0) is 44.9 Å². The van der Waals surface area contributed by atoms with Crippen LogP contribution in [0.4, 0.5) is 5.13 Å². The zero-order valence-electron chi connectivity index (χ0n) is 13.8. The van der Waals surface area contributed by atoms with Crippen molar-refractivity contribution in [3.63, 3.8) is 0 Å². The lowest BCUT2D eigenvalue weighted by Crippen LogP contribution is -2.32. The molecule has 6 nitrogen and oxygen atoms in total. The molecule has 1 heterocycles. The van der Waals surface area contributed by atoms with Gasteiger partial charge in [0.15, 0.2) is 17.6 Å². The molecule has 0 bridgehead atoms. The van der Waals surface area contributed by atoms with Gasteiger partial charge >= 0.3 is 0 Å². The first-order chi connectivity index (χ1) is 11.0. The zero-order chi connectivity index (χ0) is 16.8. The highest BCUT2D eigenvalue weighted by Gasteiger charge is 2.21. The average Bonchev–Trinajstić information content (AvgIpc) is 2.92. The number of carbonyl (C=O) groups excluding carboxylic acids is 1. The number of anilines is 1. The Morgan fingerprint density at radius 2 is 2.04 bits per heavy atom. The molecule has 0 aliphatic carbocycles. The molecule has 0 aliphatic heterocycles. The molecule has 23 heavy (non-hydrogen) atoms. The summed E-state index contributed by atoms with van der Waals surface area (Å²) in [4.78, 5) is 12.4. The first kappa shape index (κ1) is 17.2. The minimum absolute atomic E-state index is 0.244. The van der Waals surface area contributed by atoms with E-state index in [2.05, 4.69) is 15.5 Å². The van der Waals surface area contributed by atoms with Gasteiger partial charge in [0.2, 0.25) is 5.13 Å². The summed E-state index contributed by atoms with van der Waals surface area (Å²) in [6.07, 6.45) is -0.0932. The number of aryl methyl sites for hydroxylation is 2. The van der Waals surface area contributed by atoms with Crippen LogP contribution in [0.2, 0.25) is 0 Å². The number of hydrogen-bond acceptors (Lipinski definition) is 6. The van der Waals surface area contributed by atoms with Crippen LogP contribution in [0.1, 0.15) is 30.8 Å². The number of ether oxygens (including phenoxy) is 2. The number of carbonyl (C=O) groups is 1. The van der Waals surface area contributed by atoms with Gasteiger partial charge in [-0.1, -0.05) is 24.3 Å². The van der Waals surface area contributed by atoms with Crippen molar-refractivity contribution >= 4 is 22.4 Å². The first-order valence-electron chi connectivity index (χ1n) is 7.54. The summed E-state index contributed by atoms with van der Waals surface area (Å²) >= 11 is 1.33. The number of benzene rings is 1. The topological polar surface area (TPSA) is 73.3 Å². The lowest BCUT2D eigenvalue weighted by atomic mass is 10.2. The molecule has 0 radical (unpaired) electrons. The SMILES string of the molecule is CCOc1cc(C)ccc1O[C@@H](CC)C(=O)Nc1nnc(C)s1. The van der Waals surface area contributed by atoms with E-state index in [1.54, 1.807) is 0 Å². The van der Waals surface area contributed by atoms with Gasteiger partial charge in [-0.2, -0.15) is 0 Å². The fourth-order valence-electron chi connectivity index (χ4n) is 1.99. The third kappa shape index (κ3) is 4.66. The second-order valence-corrected chi connectivity index (χ2v) is 6.20. The third-order valence-electron chi connectivity index (χ3n) is 3.09. The molecule has 1 amide bonds. The summed E-state index contributed by atoms with van der Waals surface area (Å²) < 4.78 is 11.5. The molecule has 124 valence electrons. The van der Waals surface area contributed by atoms with Gasteiger partial charge in [-0.15, -0.1) is 10.2 Å². The third-order valence-corrected chi connectivity index (χ3v) is 3.84. The normalized spacial score (nSPS) is 11.8. The number of nitrogens with zero attached hydrogens (tertiary/aromatic N) is 2. The van der Waals surface area contributed by atoms with Crippen LogP contribution in [0, 0.1) is 13.8 Å². The number of aromatic nitrogens is 2. The van der Waals surface area contributed by atoms with Crippen LogP contribution in [-0.4, -0.2) is 28.8 Å². The molecule has 1 atom stereocenters. The molecule has 0 saturated carbocycles. The van der Waals surface area contributed by atoms with E-state index in [1.807, 2.05) is 45.9 Å². The fourth-order valence-corrected chi connectivity index (χ4v) is 2.58.